The van der Waals surface area contributed by atoms with Gasteiger partial charge in [-0.1, -0.05) is 6.92 Å². The van der Waals surface area contributed by atoms with E-state index >= 15 is 0 Å². The second kappa shape index (κ2) is 6.72. The van der Waals surface area contributed by atoms with Gasteiger partial charge >= 0.3 is 0 Å². The third kappa shape index (κ3) is 5.36. The summed E-state index contributed by atoms with van der Waals surface area (Å²) in [7, 11) is 2.22. The lowest BCUT2D eigenvalue weighted by molar-refractivity contribution is 0.0524. The van der Waals surface area contributed by atoms with Crippen LogP contribution in [0.1, 0.15) is 52.4 Å². The molecule has 0 aliphatic heterocycles. The average Bonchev–Trinajstić information content (AvgIpc) is 2.29. The number of aliphatic hydroxyl groups is 1. The van der Waals surface area contributed by atoms with Crippen molar-refractivity contribution in [3.63, 3.8) is 0 Å². The van der Waals surface area contributed by atoms with Crippen LogP contribution in [0.5, 0.6) is 0 Å². The summed E-state index contributed by atoms with van der Waals surface area (Å²) < 4.78 is 0. The molecule has 1 unspecified atom stereocenters. The van der Waals surface area contributed by atoms with Gasteiger partial charge in [0.2, 0.25) is 0 Å². The Morgan fingerprint density at radius 2 is 1.88 bits per heavy atom. The maximum absolute atomic E-state index is 9.84. The number of nitrogens with two attached hydrogens (primary N) is 1. The summed E-state index contributed by atoms with van der Waals surface area (Å²) in [4.78, 5) is 2.47. The van der Waals surface area contributed by atoms with Crippen LogP contribution in [0.2, 0.25) is 0 Å². The third-order valence-electron chi connectivity index (χ3n) is 4.27. The molecular formula is C14H30N2O. The zero-order valence-corrected chi connectivity index (χ0v) is 11.8. The molecular weight excluding hydrogens is 212 g/mol. The molecule has 0 saturated heterocycles. The monoisotopic (exact) mass is 242 g/mol. The minimum Gasteiger partial charge on any atom is -0.389 e. The SMILES string of the molecule is CC1CCC(N(C)CCCC(C)(O)CN)CC1. The highest BCUT2D eigenvalue weighted by atomic mass is 16.3. The van der Waals surface area contributed by atoms with Crippen LogP contribution in [-0.4, -0.2) is 41.8 Å². The van der Waals surface area contributed by atoms with E-state index in [1.807, 2.05) is 6.92 Å². The van der Waals surface area contributed by atoms with E-state index in [-0.39, 0.29) is 0 Å². The van der Waals surface area contributed by atoms with Crippen molar-refractivity contribution in [1.82, 2.24) is 4.90 Å². The molecule has 0 aromatic carbocycles. The molecule has 0 bridgehead atoms. The highest BCUT2D eigenvalue weighted by molar-refractivity contribution is 4.78. The summed E-state index contributed by atoms with van der Waals surface area (Å²) in [5.41, 5.74) is 4.84. The molecule has 0 radical (unpaired) electrons. The molecule has 0 spiro atoms. The van der Waals surface area contributed by atoms with Crippen molar-refractivity contribution in [2.24, 2.45) is 11.7 Å². The second-order valence-corrected chi connectivity index (χ2v) is 6.20. The molecule has 3 N–H and O–H groups in total. The van der Waals surface area contributed by atoms with Crippen LogP contribution in [0.4, 0.5) is 0 Å². The molecule has 0 amide bonds. The van der Waals surface area contributed by atoms with Gasteiger partial charge in [0.15, 0.2) is 0 Å². The van der Waals surface area contributed by atoms with Gasteiger partial charge in [0, 0.05) is 12.6 Å². The van der Waals surface area contributed by atoms with E-state index in [0.29, 0.717) is 6.54 Å². The van der Waals surface area contributed by atoms with Crippen LogP contribution in [0.15, 0.2) is 0 Å². The molecule has 102 valence electrons. The summed E-state index contributed by atoms with van der Waals surface area (Å²) >= 11 is 0. The maximum Gasteiger partial charge on any atom is 0.0741 e. The summed E-state index contributed by atoms with van der Waals surface area (Å²) in [6.07, 6.45) is 7.25. The van der Waals surface area contributed by atoms with Crippen LogP contribution < -0.4 is 5.73 Å². The average molecular weight is 242 g/mol. The first-order valence-corrected chi connectivity index (χ1v) is 7.07. The van der Waals surface area contributed by atoms with Crippen LogP contribution in [0.25, 0.3) is 0 Å². The molecule has 17 heavy (non-hydrogen) atoms. The van der Waals surface area contributed by atoms with Gasteiger partial charge in [0.05, 0.1) is 5.60 Å². The fourth-order valence-corrected chi connectivity index (χ4v) is 2.68. The molecule has 0 aromatic heterocycles. The van der Waals surface area contributed by atoms with Crippen LogP contribution >= 0.6 is 0 Å². The van der Waals surface area contributed by atoms with Crippen LogP contribution in [-0.2, 0) is 0 Å². The Balaban J connectivity index is 2.19. The van der Waals surface area contributed by atoms with Gasteiger partial charge in [-0.3, -0.25) is 0 Å². The smallest absolute Gasteiger partial charge is 0.0741 e. The summed E-state index contributed by atoms with van der Waals surface area (Å²) in [5.74, 6) is 0.914. The Morgan fingerprint density at radius 1 is 1.29 bits per heavy atom. The van der Waals surface area contributed by atoms with E-state index in [2.05, 4.69) is 18.9 Å². The molecule has 1 aliphatic carbocycles. The quantitative estimate of drug-likeness (QED) is 0.749. The zero-order chi connectivity index (χ0) is 12.9. The first-order valence-electron chi connectivity index (χ1n) is 7.07. The van der Waals surface area contributed by atoms with E-state index in [9.17, 15) is 5.11 Å². The predicted molar refractivity (Wildman–Crippen MR) is 73.0 cm³/mol. The largest absolute Gasteiger partial charge is 0.389 e. The van der Waals surface area contributed by atoms with E-state index in [4.69, 9.17) is 5.73 Å². The molecule has 3 nitrogen and oxygen atoms in total. The van der Waals surface area contributed by atoms with Crippen molar-refractivity contribution in [3.8, 4) is 0 Å². The Morgan fingerprint density at radius 3 is 2.41 bits per heavy atom. The fourth-order valence-electron chi connectivity index (χ4n) is 2.68. The summed E-state index contributed by atoms with van der Waals surface area (Å²) in [6, 6.07) is 0.758. The summed E-state index contributed by atoms with van der Waals surface area (Å²) in [5, 5.41) is 9.84. The Bertz CT molecular complexity index is 210. The molecule has 1 aliphatic rings. The maximum atomic E-state index is 9.84. The van der Waals surface area contributed by atoms with E-state index < -0.39 is 5.60 Å². The lowest BCUT2D eigenvalue weighted by atomic mass is 9.86. The Hall–Kier alpha value is -0.120. The number of nitrogens with zero attached hydrogens (tertiary/aromatic N) is 1. The van der Waals surface area contributed by atoms with E-state index in [0.717, 1.165) is 31.3 Å². The molecule has 1 rings (SSSR count). The summed E-state index contributed by atoms with van der Waals surface area (Å²) in [6.45, 7) is 5.62. The topological polar surface area (TPSA) is 49.5 Å². The molecule has 3 heteroatoms. The van der Waals surface area contributed by atoms with Gasteiger partial charge in [-0.2, -0.15) is 0 Å². The van der Waals surface area contributed by atoms with Crippen molar-refractivity contribution < 1.29 is 5.11 Å². The second-order valence-electron chi connectivity index (χ2n) is 6.20. The molecule has 1 atom stereocenters. The van der Waals surface area contributed by atoms with Crippen molar-refractivity contribution in [2.75, 3.05) is 20.1 Å². The first-order chi connectivity index (χ1) is 7.94. The number of hydrogen-bond acceptors (Lipinski definition) is 3. The van der Waals surface area contributed by atoms with Crippen LogP contribution in [0, 0.1) is 5.92 Å². The van der Waals surface area contributed by atoms with E-state index in [1.54, 1.807) is 0 Å². The minimum absolute atomic E-state index is 0.359. The Labute approximate surface area is 106 Å². The van der Waals surface area contributed by atoms with Gasteiger partial charge in [0.25, 0.3) is 0 Å². The normalized spacial score (nSPS) is 29.3. The van der Waals surface area contributed by atoms with Gasteiger partial charge in [-0.05, 0) is 65.0 Å². The van der Waals surface area contributed by atoms with Crippen LogP contribution in [0.3, 0.4) is 0 Å². The first kappa shape index (κ1) is 14.9. The van der Waals surface area contributed by atoms with Crippen molar-refractivity contribution in [3.05, 3.63) is 0 Å². The Kier molecular flexibility index (Phi) is 5.90. The van der Waals surface area contributed by atoms with Gasteiger partial charge in [-0.25, -0.2) is 0 Å². The third-order valence-corrected chi connectivity index (χ3v) is 4.27. The lowest BCUT2D eigenvalue weighted by Crippen LogP contribution is -2.38. The molecule has 0 heterocycles. The van der Waals surface area contributed by atoms with Gasteiger partial charge < -0.3 is 15.7 Å². The van der Waals surface area contributed by atoms with Crippen molar-refractivity contribution in [2.45, 2.75) is 64.0 Å². The van der Waals surface area contributed by atoms with Crippen molar-refractivity contribution >= 4 is 0 Å². The molecule has 1 fully saturated rings. The minimum atomic E-state index is -0.679. The standard InChI is InChI=1S/C14H30N2O/c1-12-5-7-13(8-6-12)16(3)10-4-9-14(2,17)11-15/h12-13,17H,4-11,15H2,1-3H3. The van der Waals surface area contributed by atoms with Crippen molar-refractivity contribution in [1.29, 1.82) is 0 Å². The lowest BCUT2D eigenvalue weighted by Gasteiger charge is -2.34. The van der Waals surface area contributed by atoms with E-state index in [1.165, 1.54) is 25.7 Å². The van der Waals surface area contributed by atoms with Gasteiger partial charge in [-0.15, -0.1) is 0 Å². The molecule has 1 saturated carbocycles. The zero-order valence-electron chi connectivity index (χ0n) is 11.8. The molecule has 0 aromatic rings. The number of hydrogen-bond donors (Lipinski definition) is 2. The highest BCUT2D eigenvalue weighted by Crippen LogP contribution is 2.26. The highest BCUT2D eigenvalue weighted by Gasteiger charge is 2.22. The fraction of sp³-hybridized carbons (Fsp3) is 1.00. The van der Waals surface area contributed by atoms with Gasteiger partial charge in [0.1, 0.15) is 0 Å². The number of rotatable bonds is 6. The predicted octanol–water partition coefficient (Wildman–Crippen LogP) is 1.99.